The summed E-state index contributed by atoms with van der Waals surface area (Å²) in [6.45, 7) is 4.02. The fraction of sp³-hybridized carbons (Fsp3) is 0.923. The van der Waals surface area contributed by atoms with E-state index in [0.29, 0.717) is 5.96 Å². The first-order valence-electron chi connectivity index (χ1n) is 6.86. The van der Waals surface area contributed by atoms with E-state index in [1.807, 2.05) is 0 Å². The Hall–Kier alpha value is -0.730. The van der Waals surface area contributed by atoms with Crippen LogP contribution in [0.4, 0.5) is 0 Å². The molecule has 1 aliphatic rings. The highest BCUT2D eigenvalue weighted by Gasteiger charge is 2.12. The van der Waals surface area contributed by atoms with Crippen LogP contribution in [-0.2, 0) is 0 Å². The predicted molar refractivity (Wildman–Crippen MR) is 70.6 cm³/mol. The summed E-state index contributed by atoms with van der Waals surface area (Å²) in [4.78, 5) is 4.28. The Balaban J connectivity index is 2.02. The lowest BCUT2D eigenvalue weighted by molar-refractivity contribution is 0.339. The lowest BCUT2D eigenvalue weighted by Gasteiger charge is -2.21. The van der Waals surface area contributed by atoms with Crippen molar-refractivity contribution in [3.8, 4) is 0 Å². The molecule has 0 aliphatic heterocycles. The maximum atomic E-state index is 5.77. The van der Waals surface area contributed by atoms with E-state index in [2.05, 4.69) is 17.2 Å². The Labute approximate surface area is 99.9 Å². The number of nitrogens with two attached hydrogens (primary N) is 1. The Kier molecular flexibility index (Phi) is 7.02. The maximum Gasteiger partial charge on any atom is 0.188 e. The largest absolute Gasteiger partial charge is 0.370 e. The van der Waals surface area contributed by atoms with Crippen molar-refractivity contribution in [2.45, 2.75) is 58.3 Å². The highest BCUT2D eigenvalue weighted by Crippen LogP contribution is 2.25. The average molecular weight is 225 g/mol. The van der Waals surface area contributed by atoms with Crippen molar-refractivity contribution in [1.82, 2.24) is 5.32 Å². The number of nitrogens with zero attached hydrogens (tertiary/aromatic N) is 1. The van der Waals surface area contributed by atoms with Gasteiger partial charge in [-0.1, -0.05) is 45.4 Å². The third-order valence-electron chi connectivity index (χ3n) is 3.38. The smallest absolute Gasteiger partial charge is 0.188 e. The molecule has 0 saturated heterocycles. The Morgan fingerprint density at radius 3 is 2.75 bits per heavy atom. The number of rotatable bonds is 6. The molecule has 0 unspecified atom stereocenters. The maximum absolute atomic E-state index is 5.77. The summed E-state index contributed by atoms with van der Waals surface area (Å²) in [5, 5.41) is 3.22. The van der Waals surface area contributed by atoms with Crippen LogP contribution in [-0.4, -0.2) is 19.0 Å². The summed E-state index contributed by atoms with van der Waals surface area (Å²) >= 11 is 0. The zero-order chi connectivity index (χ0) is 11.6. The second-order valence-corrected chi connectivity index (χ2v) is 4.84. The Morgan fingerprint density at radius 2 is 2.06 bits per heavy atom. The van der Waals surface area contributed by atoms with E-state index in [-0.39, 0.29) is 0 Å². The van der Waals surface area contributed by atoms with Crippen LogP contribution in [0.1, 0.15) is 58.3 Å². The molecule has 0 radical (unpaired) electrons. The fourth-order valence-corrected chi connectivity index (χ4v) is 2.29. The third-order valence-corrected chi connectivity index (χ3v) is 3.38. The van der Waals surface area contributed by atoms with Gasteiger partial charge in [-0.2, -0.15) is 0 Å². The van der Waals surface area contributed by atoms with Gasteiger partial charge in [0, 0.05) is 13.1 Å². The second kappa shape index (κ2) is 8.43. The third kappa shape index (κ3) is 5.99. The van der Waals surface area contributed by atoms with Crippen LogP contribution >= 0.6 is 0 Å². The van der Waals surface area contributed by atoms with Gasteiger partial charge in [-0.3, -0.25) is 4.99 Å². The monoisotopic (exact) mass is 225 g/mol. The van der Waals surface area contributed by atoms with E-state index < -0.39 is 0 Å². The first kappa shape index (κ1) is 13.3. The van der Waals surface area contributed by atoms with E-state index in [1.165, 1.54) is 44.9 Å². The highest BCUT2D eigenvalue weighted by molar-refractivity contribution is 5.77. The average Bonchev–Trinajstić information content (AvgIpc) is 2.31. The first-order valence-corrected chi connectivity index (χ1v) is 6.86. The molecule has 0 amide bonds. The van der Waals surface area contributed by atoms with Crippen LogP contribution in [0.25, 0.3) is 0 Å². The lowest BCUT2D eigenvalue weighted by Crippen LogP contribution is -2.33. The molecule has 1 saturated carbocycles. The van der Waals surface area contributed by atoms with Crippen molar-refractivity contribution in [2.75, 3.05) is 13.1 Å². The molecule has 3 nitrogen and oxygen atoms in total. The molecule has 0 bridgehead atoms. The fourth-order valence-electron chi connectivity index (χ4n) is 2.29. The van der Waals surface area contributed by atoms with Crippen LogP contribution < -0.4 is 11.1 Å². The van der Waals surface area contributed by atoms with Gasteiger partial charge in [-0.25, -0.2) is 0 Å². The molecule has 1 fully saturated rings. The van der Waals surface area contributed by atoms with Gasteiger partial charge in [0.25, 0.3) is 0 Å². The Bertz CT molecular complexity index is 195. The van der Waals surface area contributed by atoms with Gasteiger partial charge in [0.15, 0.2) is 5.96 Å². The number of hydrogen-bond donors (Lipinski definition) is 2. The summed E-state index contributed by atoms with van der Waals surface area (Å²) < 4.78 is 0. The van der Waals surface area contributed by atoms with Crippen LogP contribution in [0.15, 0.2) is 4.99 Å². The minimum Gasteiger partial charge on any atom is -0.370 e. The van der Waals surface area contributed by atoms with Crippen molar-refractivity contribution >= 4 is 5.96 Å². The molecule has 16 heavy (non-hydrogen) atoms. The quantitative estimate of drug-likeness (QED) is 0.415. The summed E-state index contributed by atoms with van der Waals surface area (Å²) in [5.41, 5.74) is 5.77. The number of nitrogens with one attached hydrogen (secondary N) is 1. The molecular formula is C13H27N3. The SMILES string of the molecule is CCCCN=C(N)NCCC1CCCCC1. The number of guanidine groups is 1. The second-order valence-electron chi connectivity index (χ2n) is 4.84. The topological polar surface area (TPSA) is 50.4 Å². The molecule has 0 aromatic carbocycles. The molecule has 0 aromatic heterocycles. The van der Waals surface area contributed by atoms with Crippen LogP contribution in [0, 0.1) is 5.92 Å². The minimum atomic E-state index is 0.629. The van der Waals surface area contributed by atoms with Crippen LogP contribution in [0.2, 0.25) is 0 Å². The molecule has 0 atom stereocenters. The lowest BCUT2D eigenvalue weighted by atomic mass is 9.87. The van der Waals surface area contributed by atoms with Gasteiger partial charge < -0.3 is 11.1 Å². The molecule has 1 rings (SSSR count). The Morgan fingerprint density at radius 1 is 1.31 bits per heavy atom. The van der Waals surface area contributed by atoms with Gasteiger partial charge in [-0.05, 0) is 18.8 Å². The molecular weight excluding hydrogens is 198 g/mol. The molecule has 3 N–H and O–H groups in total. The zero-order valence-corrected chi connectivity index (χ0v) is 10.7. The number of unbranched alkanes of at least 4 members (excludes halogenated alkanes) is 1. The summed E-state index contributed by atoms with van der Waals surface area (Å²) in [6.07, 6.45) is 10.7. The normalized spacial score (nSPS) is 18.7. The van der Waals surface area contributed by atoms with Gasteiger partial charge in [0.05, 0.1) is 0 Å². The highest BCUT2D eigenvalue weighted by atomic mass is 15.1. The van der Waals surface area contributed by atoms with E-state index in [9.17, 15) is 0 Å². The number of aliphatic imine (C=N–C) groups is 1. The van der Waals surface area contributed by atoms with Crippen LogP contribution in [0.3, 0.4) is 0 Å². The summed E-state index contributed by atoms with van der Waals surface area (Å²) in [7, 11) is 0. The van der Waals surface area contributed by atoms with Gasteiger partial charge in [0.1, 0.15) is 0 Å². The first-order chi connectivity index (χ1) is 7.83. The van der Waals surface area contributed by atoms with Gasteiger partial charge in [-0.15, -0.1) is 0 Å². The van der Waals surface area contributed by atoms with Crippen molar-refractivity contribution < 1.29 is 0 Å². The summed E-state index contributed by atoms with van der Waals surface area (Å²) in [6, 6.07) is 0. The molecule has 0 spiro atoms. The standard InChI is InChI=1S/C13H27N3/c1-2-3-10-15-13(14)16-11-9-12-7-5-4-6-8-12/h12H,2-11H2,1H3,(H3,14,15,16). The summed E-state index contributed by atoms with van der Waals surface area (Å²) in [5.74, 6) is 1.55. The van der Waals surface area contributed by atoms with Gasteiger partial charge in [0.2, 0.25) is 0 Å². The zero-order valence-electron chi connectivity index (χ0n) is 10.7. The van der Waals surface area contributed by atoms with Gasteiger partial charge >= 0.3 is 0 Å². The molecule has 1 aliphatic carbocycles. The van der Waals surface area contributed by atoms with Crippen LogP contribution in [0.5, 0.6) is 0 Å². The molecule has 94 valence electrons. The van der Waals surface area contributed by atoms with Crippen molar-refractivity contribution in [2.24, 2.45) is 16.6 Å². The van der Waals surface area contributed by atoms with E-state index in [4.69, 9.17) is 5.73 Å². The molecule has 3 heteroatoms. The molecule has 0 heterocycles. The molecule has 0 aromatic rings. The minimum absolute atomic E-state index is 0.629. The van der Waals surface area contributed by atoms with Crippen molar-refractivity contribution in [1.29, 1.82) is 0 Å². The van der Waals surface area contributed by atoms with E-state index >= 15 is 0 Å². The number of hydrogen-bond acceptors (Lipinski definition) is 1. The predicted octanol–water partition coefficient (Wildman–Crippen LogP) is 2.66. The van der Waals surface area contributed by atoms with Crippen molar-refractivity contribution in [3.05, 3.63) is 0 Å². The van der Waals surface area contributed by atoms with E-state index in [1.54, 1.807) is 0 Å². The van der Waals surface area contributed by atoms with E-state index in [0.717, 1.165) is 25.4 Å². The van der Waals surface area contributed by atoms with Crippen molar-refractivity contribution in [3.63, 3.8) is 0 Å².